The van der Waals surface area contributed by atoms with E-state index in [9.17, 15) is 4.79 Å². The molecule has 0 aliphatic rings. The van der Waals surface area contributed by atoms with Gasteiger partial charge in [-0.2, -0.15) is 0 Å². The molecule has 2 aromatic carbocycles. The van der Waals surface area contributed by atoms with Gasteiger partial charge in [-0.05, 0) is 42.3 Å². The SMILES string of the molecule is Cc1cn(Cc2ccc(Cl)cc2Cl)c2cc(C(=O)O)ccc12. The van der Waals surface area contributed by atoms with Gasteiger partial charge in [0.1, 0.15) is 0 Å². The number of aryl methyl sites for hydroxylation is 1. The summed E-state index contributed by atoms with van der Waals surface area (Å²) >= 11 is 12.1. The number of carboxylic acids is 1. The Morgan fingerprint density at radius 3 is 2.64 bits per heavy atom. The summed E-state index contributed by atoms with van der Waals surface area (Å²) in [6.45, 7) is 2.56. The minimum atomic E-state index is -0.933. The van der Waals surface area contributed by atoms with Crippen molar-refractivity contribution in [1.82, 2.24) is 4.57 Å². The zero-order valence-corrected chi connectivity index (χ0v) is 13.3. The van der Waals surface area contributed by atoms with Crippen LogP contribution in [0.2, 0.25) is 10.0 Å². The zero-order valence-electron chi connectivity index (χ0n) is 11.8. The Labute approximate surface area is 137 Å². The van der Waals surface area contributed by atoms with Crippen molar-refractivity contribution in [2.45, 2.75) is 13.5 Å². The van der Waals surface area contributed by atoms with E-state index in [-0.39, 0.29) is 5.56 Å². The van der Waals surface area contributed by atoms with E-state index in [0.717, 1.165) is 22.0 Å². The number of nitrogens with zero attached hydrogens (tertiary/aromatic N) is 1. The normalized spacial score (nSPS) is 11.0. The van der Waals surface area contributed by atoms with Crippen LogP contribution in [0.5, 0.6) is 0 Å². The molecular weight excluding hydrogens is 321 g/mol. The number of aromatic nitrogens is 1. The predicted molar refractivity (Wildman–Crippen MR) is 89.2 cm³/mol. The van der Waals surface area contributed by atoms with E-state index in [4.69, 9.17) is 28.3 Å². The number of rotatable bonds is 3. The molecule has 0 unspecified atom stereocenters. The molecule has 0 fully saturated rings. The molecule has 3 rings (SSSR count). The monoisotopic (exact) mass is 333 g/mol. The maximum Gasteiger partial charge on any atom is 0.335 e. The van der Waals surface area contributed by atoms with Crippen molar-refractivity contribution in [1.29, 1.82) is 0 Å². The van der Waals surface area contributed by atoms with Crippen molar-refractivity contribution in [2.75, 3.05) is 0 Å². The molecule has 0 amide bonds. The quantitative estimate of drug-likeness (QED) is 0.732. The van der Waals surface area contributed by atoms with Gasteiger partial charge in [-0.25, -0.2) is 4.79 Å². The third-order valence-electron chi connectivity index (χ3n) is 3.68. The molecule has 0 aliphatic heterocycles. The number of carbonyl (C=O) groups is 1. The van der Waals surface area contributed by atoms with E-state index in [2.05, 4.69) is 0 Å². The lowest BCUT2D eigenvalue weighted by atomic mass is 10.1. The van der Waals surface area contributed by atoms with Gasteiger partial charge >= 0.3 is 5.97 Å². The summed E-state index contributed by atoms with van der Waals surface area (Å²) in [7, 11) is 0. The van der Waals surface area contributed by atoms with Crippen LogP contribution in [0.15, 0.2) is 42.6 Å². The van der Waals surface area contributed by atoms with Crippen LogP contribution in [0.1, 0.15) is 21.5 Å². The van der Waals surface area contributed by atoms with Crippen LogP contribution in [0.25, 0.3) is 10.9 Å². The topological polar surface area (TPSA) is 42.2 Å². The highest BCUT2D eigenvalue weighted by atomic mass is 35.5. The molecule has 0 atom stereocenters. The largest absolute Gasteiger partial charge is 0.478 e. The fraction of sp³-hybridized carbons (Fsp3) is 0.118. The van der Waals surface area contributed by atoms with Gasteiger partial charge in [-0.15, -0.1) is 0 Å². The second-order valence-corrected chi connectivity index (χ2v) is 6.06. The van der Waals surface area contributed by atoms with Crippen molar-refractivity contribution >= 4 is 40.1 Å². The molecule has 0 aliphatic carbocycles. The number of carboxylic acid groups (broad SMARTS) is 1. The van der Waals surface area contributed by atoms with Crippen molar-refractivity contribution in [3.8, 4) is 0 Å². The number of hydrogen-bond acceptors (Lipinski definition) is 1. The van der Waals surface area contributed by atoms with Crippen molar-refractivity contribution in [3.63, 3.8) is 0 Å². The van der Waals surface area contributed by atoms with Crippen LogP contribution in [-0.4, -0.2) is 15.6 Å². The lowest BCUT2D eigenvalue weighted by molar-refractivity contribution is 0.0697. The van der Waals surface area contributed by atoms with Crippen LogP contribution in [0.4, 0.5) is 0 Å². The van der Waals surface area contributed by atoms with Gasteiger partial charge in [0.25, 0.3) is 0 Å². The summed E-state index contributed by atoms with van der Waals surface area (Å²) in [5.74, 6) is -0.933. The number of fused-ring (bicyclic) bond motifs is 1. The Bertz CT molecular complexity index is 884. The van der Waals surface area contributed by atoms with E-state index in [1.54, 1.807) is 24.3 Å². The summed E-state index contributed by atoms with van der Waals surface area (Å²) in [4.78, 5) is 11.2. The molecule has 1 heterocycles. The van der Waals surface area contributed by atoms with E-state index < -0.39 is 5.97 Å². The fourth-order valence-electron chi connectivity index (χ4n) is 2.57. The highest BCUT2D eigenvalue weighted by Gasteiger charge is 2.11. The third kappa shape index (κ3) is 2.70. The first kappa shape index (κ1) is 14.9. The van der Waals surface area contributed by atoms with Gasteiger partial charge in [0.15, 0.2) is 0 Å². The third-order valence-corrected chi connectivity index (χ3v) is 4.27. The first-order valence-electron chi connectivity index (χ1n) is 6.72. The van der Waals surface area contributed by atoms with E-state index >= 15 is 0 Å². The molecule has 0 spiro atoms. The van der Waals surface area contributed by atoms with Crippen molar-refractivity contribution < 1.29 is 9.90 Å². The number of benzene rings is 2. The number of hydrogen-bond donors (Lipinski definition) is 1. The molecule has 1 N–H and O–H groups in total. The van der Waals surface area contributed by atoms with Crippen LogP contribution < -0.4 is 0 Å². The Morgan fingerprint density at radius 1 is 1.18 bits per heavy atom. The maximum atomic E-state index is 11.2. The highest BCUT2D eigenvalue weighted by Crippen LogP contribution is 2.26. The van der Waals surface area contributed by atoms with Crippen LogP contribution in [0, 0.1) is 6.92 Å². The summed E-state index contributed by atoms with van der Waals surface area (Å²) in [5, 5.41) is 11.4. The van der Waals surface area contributed by atoms with Crippen molar-refractivity contribution in [3.05, 3.63) is 69.3 Å². The molecule has 5 heteroatoms. The summed E-state index contributed by atoms with van der Waals surface area (Å²) in [6.07, 6.45) is 2.00. The molecule has 0 saturated carbocycles. The second-order valence-electron chi connectivity index (χ2n) is 5.21. The smallest absolute Gasteiger partial charge is 0.335 e. The fourth-order valence-corrected chi connectivity index (χ4v) is 3.04. The lowest BCUT2D eigenvalue weighted by Crippen LogP contribution is -2.00. The zero-order chi connectivity index (χ0) is 15.9. The van der Waals surface area contributed by atoms with Crippen molar-refractivity contribution in [2.24, 2.45) is 0 Å². The standard InChI is InChI=1S/C17H13Cl2NO2/c1-10-8-20(9-12-2-4-13(18)7-15(12)19)16-6-11(17(21)22)3-5-14(10)16/h2-8H,9H2,1H3,(H,21,22). The van der Waals surface area contributed by atoms with Crippen LogP contribution in [0.3, 0.4) is 0 Å². The minimum absolute atomic E-state index is 0.272. The molecular formula is C17H13Cl2NO2. The Hall–Kier alpha value is -1.97. The molecule has 22 heavy (non-hydrogen) atoms. The molecule has 0 bridgehead atoms. The minimum Gasteiger partial charge on any atom is -0.478 e. The van der Waals surface area contributed by atoms with E-state index in [0.29, 0.717) is 16.6 Å². The summed E-state index contributed by atoms with van der Waals surface area (Å²) in [5.41, 5.74) is 3.18. The molecule has 3 aromatic rings. The Balaban J connectivity index is 2.10. The van der Waals surface area contributed by atoms with Gasteiger partial charge in [-0.1, -0.05) is 35.3 Å². The number of halogens is 2. The molecule has 1 aromatic heterocycles. The molecule has 3 nitrogen and oxygen atoms in total. The molecule has 0 saturated heterocycles. The van der Waals surface area contributed by atoms with Crippen LogP contribution in [-0.2, 0) is 6.54 Å². The average molecular weight is 334 g/mol. The van der Waals surface area contributed by atoms with E-state index in [1.165, 1.54) is 0 Å². The van der Waals surface area contributed by atoms with Gasteiger partial charge in [0.2, 0.25) is 0 Å². The van der Waals surface area contributed by atoms with E-state index in [1.807, 2.05) is 29.8 Å². The second kappa shape index (κ2) is 5.67. The average Bonchev–Trinajstić information content (AvgIpc) is 2.78. The molecule has 112 valence electrons. The molecule has 0 radical (unpaired) electrons. The van der Waals surface area contributed by atoms with Gasteiger partial charge < -0.3 is 9.67 Å². The Kier molecular flexibility index (Phi) is 3.85. The van der Waals surface area contributed by atoms with Gasteiger partial charge in [0.05, 0.1) is 5.56 Å². The highest BCUT2D eigenvalue weighted by molar-refractivity contribution is 6.35. The predicted octanol–water partition coefficient (Wildman–Crippen LogP) is 5.00. The maximum absolute atomic E-state index is 11.2. The summed E-state index contributed by atoms with van der Waals surface area (Å²) < 4.78 is 2.01. The number of aromatic carboxylic acids is 1. The van der Waals surface area contributed by atoms with Gasteiger partial charge in [0, 0.05) is 33.7 Å². The Morgan fingerprint density at radius 2 is 1.95 bits per heavy atom. The van der Waals surface area contributed by atoms with Crippen LogP contribution >= 0.6 is 23.2 Å². The first-order valence-corrected chi connectivity index (χ1v) is 7.48. The summed E-state index contributed by atoms with van der Waals surface area (Å²) in [6, 6.07) is 10.5. The first-order chi connectivity index (χ1) is 10.5. The van der Waals surface area contributed by atoms with Gasteiger partial charge in [-0.3, -0.25) is 0 Å². The lowest BCUT2D eigenvalue weighted by Gasteiger charge is -2.08.